The minimum Gasteiger partial charge on any atom is -0.481 e. The predicted octanol–water partition coefficient (Wildman–Crippen LogP) is 3.11. The van der Waals surface area contributed by atoms with Crippen molar-refractivity contribution < 1.29 is 14.7 Å². The van der Waals surface area contributed by atoms with Crippen molar-refractivity contribution in [2.24, 2.45) is 5.92 Å². The molecule has 22 heavy (non-hydrogen) atoms. The molecule has 1 aliphatic heterocycles. The lowest BCUT2D eigenvalue weighted by Gasteiger charge is -2.32. The van der Waals surface area contributed by atoms with E-state index in [-0.39, 0.29) is 11.7 Å². The van der Waals surface area contributed by atoms with E-state index in [9.17, 15) is 14.7 Å². The van der Waals surface area contributed by atoms with Crippen LogP contribution in [0.2, 0.25) is 0 Å². The molecule has 4 heteroatoms. The average Bonchev–Trinajstić information content (AvgIpc) is 2.43. The summed E-state index contributed by atoms with van der Waals surface area (Å²) in [6, 6.07) is 2.07. The minimum atomic E-state index is -0.702. The van der Waals surface area contributed by atoms with Gasteiger partial charge in [-0.1, -0.05) is 6.07 Å². The number of benzene rings is 1. The fraction of sp³-hybridized carbons (Fsp3) is 0.556. The van der Waals surface area contributed by atoms with Crippen molar-refractivity contribution in [2.75, 3.05) is 13.1 Å². The quantitative estimate of drug-likeness (QED) is 0.868. The van der Waals surface area contributed by atoms with Gasteiger partial charge in [0.25, 0.3) is 0 Å². The van der Waals surface area contributed by atoms with Gasteiger partial charge in [0.1, 0.15) is 0 Å². The number of nitrogens with zero attached hydrogens (tertiary/aromatic N) is 1. The summed E-state index contributed by atoms with van der Waals surface area (Å²) in [4.78, 5) is 25.3. The summed E-state index contributed by atoms with van der Waals surface area (Å²) in [5.74, 6) is -0.878. The number of likely N-dealkylation sites (tertiary alicyclic amines) is 1. The number of hydrogen-bond acceptors (Lipinski definition) is 3. The molecule has 1 aliphatic rings. The molecule has 0 bridgehead atoms. The number of carbonyl (C=O) groups is 2. The number of hydrogen-bond donors (Lipinski definition) is 1. The largest absolute Gasteiger partial charge is 0.481 e. The lowest BCUT2D eigenvalue weighted by molar-refractivity contribution is -0.143. The van der Waals surface area contributed by atoms with E-state index < -0.39 is 5.97 Å². The van der Waals surface area contributed by atoms with E-state index in [2.05, 4.69) is 17.9 Å². The smallest absolute Gasteiger partial charge is 0.307 e. The molecule has 1 N–H and O–H groups in total. The Morgan fingerprint density at radius 1 is 1.27 bits per heavy atom. The number of ketones is 1. The predicted molar refractivity (Wildman–Crippen MR) is 86.3 cm³/mol. The molecule has 0 radical (unpaired) electrons. The Morgan fingerprint density at radius 2 is 1.95 bits per heavy atom. The maximum atomic E-state index is 11.9. The molecule has 0 aromatic heterocycles. The maximum Gasteiger partial charge on any atom is 0.307 e. The summed E-state index contributed by atoms with van der Waals surface area (Å²) in [5, 5.41) is 9.21. The highest BCUT2D eigenvalue weighted by Crippen LogP contribution is 2.26. The van der Waals surface area contributed by atoms with Crippen LogP contribution in [0.4, 0.5) is 0 Å². The van der Waals surface area contributed by atoms with Gasteiger partial charge in [-0.15, -0.1) is 0 Å². The van der Waals surface area contributed by atoms with Gasteiger partial charge in [0.05, 0.1) is 5.92 Å². The zero-order valence-corrected chi connectivity index (χ0v) is 13.9. The van der Waals surface area contributed by atoms with Crippen molar-refractivity contribution >= 4 is 11.8 Å². The van der Waals surface area contributed by atoms with Crippen LogP contribution in [0, 0.1) is 26.7 Å². The number of Topliss-reactive ketones (excluding diaryl/α,β-unsaturated/α-hetero) is 1. The molecule has 1 aromatic carbocycles. The molecule has 0 spiro atoms. The van der Waals surface area contributed by atoms with Gasteiger partial charge in [0.15, 0.2) is 5.78 Å². The SMILES string of the molecule is CC(=O)c1c(C)cc(C)c(CN2CCCC(C(=O)O)C2)c1C. The van der Waals surface area contributed by atoms with Crippen LogP contribution in [-0.4, -0.2) is 34.8 Å². The highest BCUT2D eigenvalue weighted by atomic mass is 16.4. The number of aliphatic carboxylic acids is 1. The van der Waals surface area contributed by atoms with Crippen molar-refractivity contribution in [2.45, 2.75) is 47.1 Å². The highest BCUT2D eigenvalue weighted by molar-refractivity contribution is 5.97. The number of aryl methyl sites for hydroxylation is 2. The van der Waals surface area contributed by atoms with Crippen molar-refractivity contribution in [1.82, 2.24) is 4.90 Å². The Hall–Kier alpha value is -1.68. The third kappa shape index (κ3) is 3.38. The highest BCUT2D eigenvalue weighted by Gasteiger charge is 2.26. The molecule has 4 nitrogen and oxygen atoms in total. The Labute approximate surface area is 132 Å². The van der Waals surface area contributed by atoms with E-state index in [0.717, 1.165) is 42.6 Å². The first kappa shape index (κ1) is 16.7. The molecule has 1 unspecified atom stereocenters. The molecule has 1 saturated heterocycles. The van der Waals surface area contributed by atoms with Gasteiger partial charge >= 0.3 is 5.97 Å². The van der Waals surface area contributed by atoms with Crippen LogP contribution in [0.25, 0.3) is 0 Å². The summed E-state index contributed by atoms with van der Waals surface area (Å²) >= 11 is 0. The maximum absolute atomic E-state index is 11.9. The first-order chi connectivity index (χ1) is 10.3. The molecule has 120 valence electrons. The zero-order chi connectivity index (χ0) is 16.4. The standard InChI is InChI=1S/C18H25NO3/c1-11-8-12(2)17(14(4)20)13(3)16(11)10-19-7-5-6-15(9-19)18(21)22/h8,15H,5-7,9-10H2,1-4H3,(H,21,22). The molecule has 2 rings (SSSR count). The fourth-order valence-electron chi connectivity index (χ4n) is 3.64. The van der Waals surface area contributed by atoms with Gasteiger partial charge in [-0.25, -0.2) is 0 Å². The van der Waals surface area contributed by atoms with Gasteiger partial charge in [-0.05, 0) is 69.3 Å². The Balaban J connectivity index is 2.28. The van der Waals surface area contributed by atoms with Gasteiger partial charge in [0, 0.05) is 18.7 Å². The Kier molecular flexibility index (Phi) is 5.01. The normalized spacial score (nSPS) is 19.2. The summed E-state index contributed by atoms with van der Waals surface area (Å²) in [5.41, 5.74) is 5.22. The summed E-state index contributed by atoms with van der Waals surface area (Å²) in [7, 11) is 0. The summed E-state index contributed by atoms with van der Waals surface area (Å²) < 4.78 is 0. The van der Waals surface area contributed by atoms with Gasteiger partial charge in [0.2, 0.25) is 0 Å². The minimum absolute atomic E-state index is 0.0957. The molecule has 1 aromatic rings. The fourth-order valence-corrected chi connectivity index (χ4v) is 3.64. The Morgan fingerprint density at radius 3 is 2.55 bits per heavy atom. The second-order valence-corrected chi connectivity index (χ2v) is 6.46. The topological polar surface area (TPSA) is 57.6 Å². The van der Waals surface area contributed by atoms with E-state index in [0.29, 0.717) is 6.54 Å². The molecular weight excluding hydrogens is 278 g/mol. The Bertz CT molecular complexity index is 607. The zero-order valence-electron chi connectivity index (χ0n) is 13.9. The van der Waals surface area contributed by atoms with Gasteiger partial charge in [-0.2, -0.15) is 0 Å². The van der Waals surface area contributed by atoms with Crippen LogP contribution in [0.1, 0.15) is 52.4 Å². The molecule has 1 atom stereocenters. The molecule has 1 heterocycles. The van der Waals surface area contributed by atoms with Crippen molar-refractivity contribution in [1.29, 1.82) is 0 Å². The van der Waals surface area contributed by atoms with Crippen LogP contribution in [-0.2, 0) is 11.3 Å². The van der Waals surface area contributed by atoms with Crippen molar-refractivity contribution in [3.8, 4) is 0 Å². The number of piperidine rings is 1. The number of carboxylic acid groups (broad SMARTS) is 1. The van der Waals surface area contributed by atoms with Crippen molar-refractivity contribution in [3.05, 3.63) is 33.9 Å². The third-order valence-corrected chi connectivity index (χ3v) is 4.72. The molecule has 1 fully saturated rings. The summed E-state index contributed by atoms with van der Waals surface area (Å²) in [6.45, 7) is 9.89. The first-order valence-corrected chi connectivity index (χ1v) is 7.87. The molecule has 0 amide bonds. The summed E-state index contributed by atoms with van der Waals surface area (Å²) in [6.07, 6.45) is 1.68. The van der Waals surface area contributed by atoms with Crippen LogP contribution in [0.5, 0.6) is 0 Å². The van der Waals surface area contributed by atoms with E-state index in [1.54, 1.807) is 6.92 Å². The number of carbonyl (C=O) groups excluding carboxylic acids is 1. The van der Waals surface area contributed by atoms with Crippen molar-refractivity contribution in [3.63, 3.8) is 0 Å². The van der Waals surface area contributed by atoms with Gasteiger partial charge in [-0.3, -0.25) is 14.5 Å². The van der Waals surface area contributed by atoms with Gasteiger partial charge < -0.3 is 5.11 Å². The lowest BCUT2D eigenvalue weighted by Crippen LogP contribution is -2.38. The second-order valence-electron chi connectivity index (χ2n) is 6.46. The molecular formula is C18H25NO3. The number of carboxylic acids is 1. The van der Waals surface area contributed by atoms with E-state index in [1.165, 1.54) is 11.1 Å². The lowest BCUT2D eigenvalue weighted by atomic mass is 9.90. The average molecular weight is 303 g/mol. The van der Waals surface area contributed by atoms with Crippen LogP contribution in [0.15, 0.2) is 6.07 Å². The second kappa shape index (κ2) is 6.61. The van der Waals surface area contributed by atoms with Crippen LogP contribution < -0.4 is 0 Å². The molecule has 0 saturated carbocycles. The molecule has 0 aliphatic carbocycles. The first-order valence-electron chi connectivity index (χ1n) is 7.87. The van der Waals surface area contributed by atoms with E-state index >= 15 is 0 Å². The van der Waals surface area contributed by atoms with Crippen LogP contribution in [0.3, 0.4) is 0 Å². The third-order valence-electron chi connectivity index (χ3n) is 4.72. The monoisotopic (exact) mass is 303 g/mol. The van der Waals surface area contributed by atoms with E-state index in [1.807, 2.05) is 13.8 Å². The number of rotatable bonds is 4. The van der Waals surface area contributed by atoms with E-state index in [4.69, 9.17) is 0 Å². The van der Waals surface area contributed by atoms with Crippen LogP contribution >= 0.6 is 0 Å².